The van der Waals surface area contributed by atoms with E-state index in [1.165, 1.54) is 48.1 Å². The van der Waals surface area contributed by atoms with Crippen molar-refractivity contribution in [2.45, 2.75) is 0 Å². The number of para-hydroxylation sites is 3. The van der Waals surface area contributed by atoms with Crippen LogP contribution in [0.2, 0.25) is 0 Å². The number of anilines is 3. The Morgan fingerprint density at radius 1 is 0.359 bits per heavy atom. The number of rotatable bonds is 9. The van der Waals surface area contributed by atoms with Gasteiger partial charge in [0.2, 0.25) is 0 Å². The first-order valence-electron chi connectivity index (χ1n) is 21.9. The van der Waals surface area contributed by atoms with Gasteiger partial charge in [-0.25, -0.2) is 0 Å². The predicted molar refractivity (Wildman–Crippen MR) is 272 cm³/mol. The molecule has 2 heterocycles. The third-order valence-corrected chi connectivity index (χ3v) is 17.7. The Bertz CT molecular complexity index is 3500. The molecule has 0 atom stereocenters. The van der Waals surface area contributed by atoms with Gasteiger partial charge in [0.15, 0.2) is 8.07 Å². The van der Waals surface area contributed by atoms with Gasteiger partial charge in [0, 0.05) is 33.2 Å². The van der Waals surface area contributed by atoms with E-state index in [0.29, 0.717) is 0 Å². The number of fused-ring (bicyclic) bond motifs is 6. The van der Waals surface area contributed by atoms with Gasteiger partial charge in [0.1, 0.15) is 11.2 Å². The average molecular weight is 835 g/mol. The maximum atomic E-state index is 6.52. The molecule has 0 aliphatic rings. The van der Waals surface area contributed by atoms with Gasteiger partial charge in [0.05, 0.1) is 22.1 Å². The maximum absolute atomic E-state index is 6.52. The third kappa shape index (κ3) is 6.03. The van der Waals surface area contributed by atoms with E-state index in [1.807, 2.05) is 6.07 Å². The van der Waals surface area contributed by atoms with Crippen LogP contribution < -0.4 is 25.6 Å². The van der Waals surface area contributed by atoms with Crippen LogP contribution in [0.25, 0.3) is 60.6 Å². The molecule has 0 spiro atoms. The van der Waals surface area contributed by atoms with Crippen LogP contribution in [-0.2, 0) is 0 Å². The fraction of sp³-hybridized carbons (Fsp3) is 0. The van der Waals surface area contributed by atoms with E-state index in [1.54, 1.807) is 0 Å². The minimum absolute atomic E-state index is 0.860. The number of hydrogen-bond donors (Lipinski definition) is 0. The first-order valence-corrected chi connectivity index (χ1v) is 23.9. The molecule has 0 aliphatic heterocycles. The Morgan fingerprint density at radius 3 is 1.58 bits per heavy atom. The van der Waals surface area contributed by atoms with Gasteiger partial charge in [0.25, 0.3) is 0 Å². The van der Waals surface area contributed by atoms with Gasteiger partial charge in [-0.1, -0.05) is 188 Å². The number of hydrogen-bond acceptors (Lipinski definition) is 2. The van der Waals surface area contributed by atoms with E-state index in [2.05, 4.69) is 258 Å². The summed E-state index contributed by atoms with van der Waals surface area (Å²) in [5.74, 6) is 0. The van der Waals surface area contributed by atoms with Gasteiger partial charge >= 0.3 is 0 Å². The zero-order chi connectivity index (χ0) is 42.5. The van der Waals surface area contributed by atoms with E-state index in [-0.39, 0.29) is 0 Å². The highest BCUT2D eigenvalue weighted by Gasteiger charge is 2.41. The average Bonchev–Trinajstić information content (AvgIpc) is 3.93. The van der Waals surface area contributed by atoms with Crippen LogP contribution >= 0.6 is 0 Å². The number of aromatic nitrogens is 1. The Kier molecular flexibility index (Phi) is 9.17. The SMILES string of the molecule is c1ccc(-n2c3ccccc3c3c(-c4cccc(N(c5ccc([Si](c6ccccc6)(c6ccccc6)c6ccccc6)cc5)c5cccc6oc7ccccc7c56)c4)cccc32)cc1. The van der Waals surface area contributed by atoms with Crippen molar-refractivity contribution in [1.82, 2.24) is 4.57 Å². The highest BCUT2D eigenvalue weighted by molar-refractivity contribution is 7.19. The summed E-state index contributed by atoms with van der Waals surface area (Å²) in [7, 11) is -2.75. The van der Waals surface area contributed by atoms with Crippen molar-refractivity contribution < 1.29 is 4.42 Å². The van der Waals surface area contributed by atoms with Gasteiger partial charge in [-0.3, -0.25) is 0 Å². The van der Waals surface area contributed by atoms with E-state index in [4.69, 9.17) is 4.42 Å². The molecule has 4 heteroatoms. The zero-order valence-electron chi connectivity index (χ0n) is 35.1. The Labute approximate surface area is 373 Å². The van der Waals surface area contributed by atoms with Crippen molar-refractivity contribution in [2.24, 2.45) is 0 Å². The van der Waals surface area contributed by atoms with Crippen LogP contribution in [0.3, 0.4) is 0 Å². The lowest BCUT2D eigenvalue weighted by Gasteiger charge is -2.35. The van der Waals surface area contributed by atoms with E-state index < -0.39 is 8.07 Å². The van der Waals surface area contributed by atoms with Crippen LogP contribution in [0.5, 0.6) is 0 Å². The molecule has 12 rings (SSSR count). The van der Waals surface area contributed by atoms with Crippen LogP contribution in [0, 0.1) is 0 Å². The van der Waals surface area contributed by atoms with Gasteiger partial charge in [-0.2, -0.15) is 0 Å². The normalized spacial score (nSPS) is 11.8. The lowest BCUT2D eigenvalue weighted by atomic mass is 9.98. The molecule has 0 radical (unpaired) electrons. The van der Waals surface area contributed by atoms with Crippen LogP contribution in [-0.4, -0.2) is 12.6 Å². The summed E-state index contributed by atoms with van der Waals surface area (Å²) in [5.41, 5.74) is 10.8. The van der Waals surface area contributed by atoms with Crippen LogP contribution in [0.4, 0.5) is 17.1 Å². The fourth-order valence-corrected chi connectivity index (χ4v) is 15.0. The summed E-state index contributed by atoms with van der Waals surface area (Å²) < 4.78 is 8.91. The topological polar surface area (TPSA) is 21.3 Å². The van der Waals surface area contributed by atoms with E-state index in [0.717, 1.165) is 50.3 Å². The van der Waals surface area contributed by atoms with Gasteiger partial charge < -0.3 is 13.9 Å². The van der Waals surface area contributed by atoms with Crippen LogP contribution in [0.15, 0.2) is 259 Å². The Morgan fingerprint density at radius 2 is 0.891 bits per heavy atom. The maximum Gasteiger partial charge on any atom is 0.179 e. The highest BCUT2D eigenvalue weighted by Crippen LogP contribution is 2.45. The number of benzene rings is 10. The Hall–Kier alpha value is -8.18. The number of furan rings is 1. The highest BCUT2D eigenvalue weighted by atomic mass is 28.3. The first kappa shape index (κ1) is 37.6. The van der Waals surface area contributed by atoms with E-state index in [9.17, 15) is 0 Å². The fourth-order valence-electron chi connectivity index (χ4n) is 10.2. The molecule has 64 heavy (non-hydrogen) atoms. The summed E-state index contributed by atoms with van der Waals surface area (Å²) in [6, 6.07) is 92.8. The molecule has 0 fully saturated rings. The van der Waals surface area contributed by atoms with Crippen molar-refractivity contribution in [1.29, 1.82) is 0 Å². The molecule has 0 bridgehead atoms. The smallest absolute Gasteiger partial charge is 0.179 e. The molecular formula is C60H42N2OSi. The van der Waals surface area contributed by atoms with Crippen molar-refractivity contribution in [2.75, 3.05) is 4.90 Å². The second kappa shape index (κ2) is 15.6. The summed E-state index contributed by atoms with van der Waals surface area (Å²) in [4.78, 5) is 2.42. The minimum Gasteiger partial charge on any atom is -0.456 e. The molecule has 0 N–H and O–H groups in total. The van der Waals surface area contributed by atoms with Crippen LogP contribution in [0.1, 0.15) is 0 Å². The van der Waals surface area contributed by atoms with Crippen molar-refractivity contribution in [3.05, 3.63) is 255 Å². The van der Waals surface area contributed by atoms with Crippen molar-refractivity contribution in [3.8, 4) is 16.8 Å². The molecule has 10 aromatic carbocycles. The predicted octanol–water partition coefficient (Wildman–Crippen LogP) is 13.2. The quantitative estimate of drug-likeness (QED) is 0.107. The molecule has 12 aromatic rings. The molecule has 0 aliphatic carbocycles. The largest absolute Gasteiger partial charge is 0.456 e. The second-order valence-electron chi connectivity index (χ2n) is 16.4. The molecule has 0 amide bonds. The first-order chi connectivity index (χ1) is 31.8. The second-order valence-corrected chi connectivity index (χ2v) is 20.2. The summed E-state index contributed by atoms with van der Waals surface area (Å²) in [6.45, 7) is 0. The number of nitrogens with zero attached hydrogens (tertiary/aromatic N) is 2. The molecule has 2 aromatic heterocycles. The Balaban J connectivity index is 1.08. The summed E-state index contributed by atoms with van der Waals surface area (Å²) >= 11 is 0. The molecule has 0 saturated heterocycles. The molecule has 3 nitrogen and oxygen atoms in total. The zero-order valence-corrected chi connectivity index (χ0v) is 36.1. The summed E-state index contributed by atoms with van der Waals surface area (Å²) in [5, 5.41) is 10.0. The summed E-state index contributed by atoms with van der Waals surface area (Å²) in [6.07, 6.45) is 0. The van der Waals surface area contributed by atoms with Gasteiger partial charge in [-0.05, 0) is 98.6 Å². The molecular weight excluding hydrogens is 793 g/mol. The van der Waals surface area contributed by atoms with Crippen molar-refractivity contribution in [3.63, 3.8) is 0 Å². The molecule has 302 valence electrons. The molecule has 0 unspecified atom stereocenters. The lowest BCUT2D eigenvalue weighted by molar-refractivity contribution is 0.669. The van der Waals surface area contributed by atoms with Gasteiger partial charge in [-0.15, -0.1) is 0 Å². The van der Waals surface area contributed by atoms with Crippen molar-refractivity contribution >= 4 is 89.6 Å². The lowest BCUT2D eigenvalue weighted by Crippen LogP contribution is -2.74. The molecule has 0 saturated carbocycles. The minimum atomic E-state index is -2.75. The standard InChI is InChI=1S/C60H42N2OSi/c1-5-21-44(22-6-1)62-54-33-15-13-30-52(54)59-51(32-18-34-55(59)62)43-20-17-23-46(42-43)61(56-35-19-37-58-60(56)53-31-14-16-36-57(53)63-58)45-38-40-50(41-39-45)64(47-24-7-2-8-25-47,48-26-9-3-10-27-48)49-28-11-4-12-29-49/h1-42H. The third-order valence-electron chi connectivity index (χ3n) is 12.9. The monoisotopic (exact) mass is 834 g/mol. The van der Waals surface area contributed by atoms with E-state index >= 15 is 0 Å².